The maximum atomic E-state index is 12.7. The molecule has 2 aromatic rings. The van der Waals surface area contributed by atoms with Crippen LogP contribution in [0, 0.1) is 0 Å². The van der Waals surface area contributed by atoms with Crippen molar-refractivity contribution in [2.75, 3.05) is 5.32 Å². The van der Waals surface area contributed by atoms with Gasteiger partial charge in [0.2, 0.25) is 0 Å². The van der Waals surface area contributed by atoms with Crippen molar-refractivity contribution in [3.63, 3.8) is 0 Å². The topological polar surface area (TPSA) is 29.1 Å². The number of anilines is 2. The van der Waals surface area contributed by atoms with Crippen LogP contribution in [0.1, 0.15) is 34.7 Å². The number of benzene rings is 2. The summed E-state index contributed by atoms with van der Waals surface area (Å²) < 4.78 is 38.2. The van der Waals surface area contributed by atoms with Crippen LogP contribution in [0.3, 0.4) is 0 Å². The third kappa shape index (κ3) is 3.13. The van der Waals surface area contributed by atoms with Crippen molar-refractivity contribution in [3.8, 4) is 0 Å². The zero-order chi connectivity index (χ0) is 15.7. The van der Waals surface area contributed by atoms with Gasteiger partial charge in [-0.1, -0.05) is 24.3 Å². The summed E-state index contributed by atoms with van der Waals surface area (Å²) in [5, 5.41) is 2.93. The van der Waals surface area contributed by atoms with Crippen LogP contribution in [0.4, 0.5) is 24.5 Å². The van der Waals surface area contributed by atoms with Crippen LogP contribution in [0.5, 0.6) is 0 Å². The highest BCUT2D eigenvalue weighted by Gasteiger charge is 2.40. The van der Waals surface area contributed by atoms with E-state index in [1.165, 1.54) is 6.07 Å². The van der Waals surface area contributed by atoms with E-state index in [-0.39, 0.29) is 11.3 Å². The summed E-state index contributed by atoms with van der Waals surface area (Å²) in [6.45, 7) is 0. The molecule has 0 spiro atoms. The van der Waals surface area contributed by atoms with E-state index in [1.807, 2.05) is 6.07 Å². The van der Waals surface area contributed by atoms with Crippen LogP contribution in [0.2, 0.25) is 0 Å². The zero-order valence-electron chi connectivity index (χ0n) is 11.7. The zero-order valence-corrected chi connectivity index (χ0v) is 11.7. The Kier molecular flexibility index (Phi) is 3.64. The predicted octanol–water partition coefficient (Wildman–Crippen LogP) is 5.05. The van der Waals surface area contributed by atoms with Gasteiger partial charge in [0, 0.05) is 11.4 Å². The Morgan fingerprint density at radius 2 is 1.73 bits per heavy atom. The molecule has 0 atom stereocenters. The summed E-state index contributed by atoms with van der Waals surface area (Å²) in [5.74, 6) is -1.43. The largest absolute Gasteiger partial charge is 0.454 e. The molecule has 0 bridgehead atoms. The van der Waals surface area contributed by atoms with Gasteiger partial charge < -0.3 is 5.32 Å². The fourth-order valence-electron chi connectivity index (χ4n) is 2.36. The molecule has 1 aliphatic carbocycles. The van der Waals surface area contributed by atoms with Crippen molar-refractivity contribution in [1.82, 2.24) is 0 Å². The fourth-order valence-corrected chi connectivity index (χ4v) is 2.36. The second-order valence-electron chi connectivity index (χ2n) is 5.40. The van der Waals surface area contributed by atoms with Crippen molar-refractivity contribution >= 4 is 17.2 Å². The summed E-state index contributed by atoms with van der Waals surface area (Å²) in [5.41, 5.74) is 1.47. The molecule has 2 aromatic carbocycles. The van der Waals surface area contributed by atoms with Crippen LogP contribution in [-0.4, -0.2) is 12.0 Å². The summed E-state index contributed by atoms with van der Waals surface area (Å²) in [6, 6.07) is 13.4. The fraction of sp³-hybridized carbons (Fsp3) is 0.235. The van der Waals surface area contributed by atoms with Gasteiger partial charge in [0.25, 0.3) is 5.78 Å². The van der Waals surface area contributed by atoms with Gasteiger partial charge in [-0.15, -0.1) is 0 Å². The van der Waals surface area contributed by atoms with Gasteiger partial charge in [0.05, 0.1) is 5.56 Å². The lowest BCUT2D eigenvalue weighted by atomic mass is 10.0. The van der Waals surface area contributed by atoms with E-state index in [0.29, 0.717) is 11.6 Å². The monoisotopic (exact) mass is 305 g/mol. The predicted molar refractivity (Wildman–Crippen MR) is 78.5 cm³/mol. The SMILES string of the molecule is O=C(c1ccc(C2CC2)cc1Nc1ccccc1)C(F)(F)F. The van der Waals surface area contributed by atoms with Gasteiger partial charge in [-0.05, 0) is 48.6 Å². The molecule has 0 aliphatic heterocycles. The van der Waals surface area contributed by atoms with Crippen molar-refractivity contribution < 1.29 is 18.0 Å². The Labute approximate surface area is 126 Å². The minimum absolute atomic E-state index is 0.206. The van der Waals surface area contributed by atoms with E-state index < -0.39 is 12.0 Å². The first-order valence-electron chi connectivity index (χ1n) is 7.02. The lowest BCUT2D eigenvalue weighted by Crippen LogP contribution is -2.23. The average molecular weight is 305 g/mol. The second kappa shape index (κ2) is 5.48. The van der Waals surface area contributed by atoms with Crippen LogP contribution in [-0.2, 0) is 0 Å². The molecule has 0 saturated heterocycles. The molecular formula is C17H14F3NO. The normalized spacial score (nSPS) is 14.7. The van der Waals surface area contributed by atoms with E-state index >= 15 is 0 Å². The third-order valence-corrected chi connectivity index (χ3v) is 3.65. The molecule has 0 amide bonds. The number of carbonyl (C=O) groups excluding carboxylic acids is 1. The number of Topliss-reactive ketones (excluding diaryl/α,β-unsaturated/α-hetero) is 1. The smallest absolute Gasteiger partial charge is 0.355 e. The number of alkyl halides is 3. The molecule has 3 rings (SSSR count). The number of halogens is 3. The average Bonchev–Trinajstić information content (AvgIpc) is 3.31. The van der Waals surface area contributed by atoms with Gasteiger partial charge in [0.15, 0.2) is 0 Å². The van der Waals surface area contributed by atoms with E-state index in [0.717, 1.165) is 18.4 Å². The first-order chi connectivity index (χ1) is 10.4. The van der Waals surface area contributed by atoms with Gasteiger partial charge in [-0.3, -0.25) is 4.79 Å². The quantitative estimate of drug-likeness (QED) is 0.801. The molecule has 114 valence electrons. The first kappa shape index (κ1) is 14.6. The van der Waals surface area contributed by atoms with E-state index in [1.54, 1.807) is 36.4 Å². The van der Waals surface area contributed by atoms with Crippen molar-refractivity contribution in [1.29, 1.82) is 0 Å². The maximum absolute atomic E-state index is 12.7. The summed E-state index contributed by atoms with van der Waals surface area (Å²) in [4.78, 5) is 11.6. The molecule has 1 fully saturated rings. The minimum atomic E-state index is -4.88. The highest BCUT2D eigenvalue weighted by molar-refractivity contribution is 6.05. The van der Waals surface area contributed by atoms with Crippen molar-refractivity contribution in [2.45, 2.75) is 24.9 Å². The molecule has 0 heterocycles. The summed E-state index contributed by atoms with van der Waals surface area (Å²) >= 11 is 0. The van der Waals surface area contributed by atoms with Gasteiger partial charge in [-0.2, -0.15) is 13.2 Å². The highest BCUT2D eigenvalue weighted by atomic mass is 19.4. The number of hydrogen-bond donors (Lipinski definition) is 1. The maximum Gasteiger partial charge on any atom is 0.454 e. The van der Waals surface area contributed by atoms with E-state index in [2.05, 4.69) is 5.32 Å². The first-order valence-corrected chi connectivity index (χ1v) is 7.02. The number of nitrogens with one attached hydrogen (secondary N) is 1. The number of ketones is 1. The van der Waals surface area contributed by atoms with Gasteiger partial charge in [-0.25, -0.2) is 0 Å². The Morgan fingerprint density at radius 1 is 1.05 bits per heavy atom. The Hall–Kier alpha value is -2.30. The van der Waals surface area contributed by atoms with Crippen LogP contribution >= 0.6 is 0 Å². The molecule has 22 heavy (non-hydrogen) atoms. The molecule has 0 aromatic heterocycles. The van der Waals surface area contributed by atoms with Crippen LogP contribution < -0.4 is 5.32 Å². The molecule has 1 N–H and O–H groups in total. The third-order valence-electron chi connectivity index (χ3n) is 3.65. The Bertz CT molecular complexity index is 691. The summed E-state index contributed by atoms with van der Waals surface area (Å²) in [6.07, 6.45) is -2.80. The molecule has 1 saturated carbocycles. The lowest BCUT2D eigenvalue weighted by Gasteiger charge is -2.14. The van der Waals surface area contributed by atoms with E-state index in [9.17, 15) is 18.0 Å². The summed E-state index contributed by atoms with van der Waals surface area (Å²) in [7, 11) is 0. The molecule has 0 unspecified atom stereocenters. The van der Waals surface area contributed by atoms with Crippen LogP contribution in [0.15, 0.2) is 48.5 Å². The number of hydrogen-bond acceptors (Lipinski definition) is 2. The van der Waals surface area contributed by atoms with Gasteiger partial charge >= 0.3 is 6.18 Å². The Balaban J connectivity index is 1.99. The number of rotatable bonds is 4. The molecular weight excluding hydrogens is 291 g/mol. The molecule has 5 heteroatoms. The molecule has 2 nitrogen and oxygen atoms in total. The number of para-hydroxylation sites is 1. The van der Waals surface area contributed by atoms with E-state index in [4.69, 9.17) is 0 Å². The minimum Gasteiger partial charge on any atom is -0.355 e. The molecule has 1 aliphatic rings. The van der Waals surface area contributed by atoms with Crippen LogP contribution in [0.25, 0.3) is 0 Å². The highest BCUT2D eigenvalue weighted by Crippen LogP contribution is 2.42. The van der Waals surface area contributed by atoms with Crippen molar-refractivity contribution in [2.24, 2.45) is 0 Å². The second-order valence-corrected chi connectivity index (χ2v) is 5.40. The standard InChI is InChI=1S/C17H14F3NO/c18-17(19,20)16(22)14-9-8-12(11-6-7-11)10-15(14)21-13-4-2-1-3-5-13/h1-5,8-11,21H,6-7H2. The Morgan fingerprint density at radius 3 is 2.32 bits per heavy atom. The lowest BCUT2D eigenvalue weighted by molar-refractivity contribution is -0.0884. The molecule has 0 radical (unpaired) electrons. The number of carbonyl (C=O) groups is 1. The van der Waals surface area contributed by atoms with Gasteiger partial charge in [0.1, 0.15) is 0 Å². The van der Waals surface area contributed by atoms with Crippen molar-refractivity contribution in [3.05, 3.63) is 59.7 Å².